The van der Waals surface area contributed by atoms with Gasteiger partial charge in [0.05, 0.1) is 0 Å². The molecule has 3 aromatic heterocycles. The molecule has 60 heavy (non-hydrogen) atoms. The summed E-state index contributed by atoms with van der Waals surface area (Å²) in [5.74, 6) is 0. The van der Waals surface area contributed by atoms with Crippen LogP contribution in [0.1, 0.15) is 16.7 Å². The fourth-order valence-electron chi connectivity index (χ4n) is 7.13. The first-order valence-electron chi connectivity index (χ1n) is 19.6. The molecule has 0 N–H and O–H groups in total. The molecule has 288 valence electrons. The van der Waals surface area contributed by atoms with Gasteiger partial charge in [-0.3, -0.25) is 0 Å². The molecule has 6 heteroatoms. The molecule has 0 saturated carbocycles. The van der Waals surface area contributed by atoms with E-state index in [4.69, 9.17) is 0 Å². The van der Waals surface area contributed by atoms with E-state index in [-0.39, 0.29) is 0 Å². The van der Waals surface area contributed by atoms with Crippen LogP contribution >= 0.6 is 57.8 Å². The van der Waals surface area contributed by atoms with Gasteiger partial charge < -0.3 is 0 Å². The van der Waals surface area contributed by atoms with Crippen molar-refractivity contribution in [3.8, 4) is 0 Å². The second-order valence-electron chi connectivity index (χ2n) is 13.7. The average Bonchev–Trinajstić information content (AvgIpc) is 4.16. The fraction of sp³-hybridized carbons (Fsp3) is 0. The number of thiophene rings is 3. The van der Waals surface area contributed by atoms with Crippen molar-refractivity contribution in [1.29, 1.82) is 0 Å². The Balaban J connectivity index is 1.50. The second-order valence-corrected chi connectivity index (χ2v) is 22.5. The molecular formula is C54H39P3S3. The molecule has 0 aliphatic heterocycles. The van der Waals surface area contributed by atoms with Gasteiger partial charge in [-0.2, -0.15) is 34.0 Å². The molecule has 0 spiro atoms. The molecule has 9 aromatic rings. The first-order chi connectivity index (χ1) is 29.8. The maximum atomic E-state index is 4.41. The summed E-state index contributed by atoms with van der Waals surface area (Å²) in [6.07, 6.45) is 0. The Labute approximate surface area is 369 Å². The smallest absolute Gasteiger partial charge is 0.0427 e. The lowest BCUT2D eigenvalue weighted by molar-refractivity contribution is 1.72. The van der Waals surface area contributed by atoms with E-state index in [1.807, 2.05) is 0 Å². The zero-order chi connectivity index (χ0) is 40.4. The minimum Gasteiger partial charge on any atom is -0.152 e. The Hall–Kier alpha value is -5.25. The molecule has 0 unspecified atom stereocenters. The molecule has 0 fully saturated rings. The maximum Gasteiger partial charge on any atom is 0.0427 e. The number of benzene rings is 6. The van der Waals surface area contributed by atoms with Crippen molar-refractivity contribution < 1.29 is 0 Å². The summed E-state index contributed by atoms with van der Waals surface area (Å²) in [7, 11) is -3.17. The summed E-state index contributed by atoms with van der Waals surface area (Å²) in [6, 6.07) is 73.2. The molecule has 0 nitrogen and oxygen atoms in total. The van der Waals surface area contributed by atoms with Gasteiger partial charge in [0.2, 0.25) is 0 Å². The third-order valence-electron chi connectivity index (χ3n) is 9.87. The second kappa shape index (κ2) is 19.9. The number of allylic oxidation sites excluding steroid dienone is 2. The molecule has 0 saturated heterocycles. The van der Waals surface area contributed by atoms with E-state index >= 15 is 0 Å². The Morgan fingerprint density at radius 2 is 0.583 bits per heavy atom. The number of hydrogen-bond acceptors (Lipinski definition) is 3. The van der Waals surface area contributed by atoms with Crippen molar-refractivity contribution in [2.45, 2.75) is 0 Å². The third kappa shape index (κ3) is 9.22. The van der Waals surface area contributed by atoms with Crippen molar-refractivity contribution >= 4 is 106 Å². The molecule has 3 heterocycles. The summed E-state index contributed by atoms with van der Waals surface area (Å²) < 4.78 is 0. The van der Waals surface area contributed by atoms with Crippen molar-refractivity contribution in [1.82, 2.24) is 0 Å². The van der Waals surface area contributed by atoms with Crippen molar-refractivity contribution in [3.05, 3.63) is 266 Å². The summed E-state index contributed by atoms with van der Waals surface area (Å²) in [4.78, 5) is 0. The van der Waals surface area contributed by atoms with Crippen LogP contribution in [0.3, 0.4) is 0 Å². The lowest BCUT2D eigenvalue weighted by atomic mass is 10.1. The monoisotopic (exact) mass is 876 g/mol. The van der Waals surface area contributed by atoms with Crippen LogP contribution in [0.4, 0.5) is 0 Å². The van der Waals surface area contributed by atoms with Gasteiger partial charge >= 0.3 is 0 Å². The lowest BCUT2D eigenvalue weighted by Gasteiger charge is -2.25. The van der Waals surface area contributed by atoms with E-state index in [0.717, 1.165) is 16.5 Å². The van der Waals surface area contributed by atoms with Crippen molar-refractivity contribution in [2.24, 2.45) is 0 Å². The maximum absolute atomic E-state index is 4.41. The van der Waals surface area contributed by atoms with Gasteiger partial charge in [-0.05, 0) is 106 Å². The SMILES string of the molecule is C(=C(C(=C=C(c1ccsc1)P(c1ccccc1)c1ccccc1)P(c1ccccc1)c1ccccc1)c1ccsc1)=C(c1ccsc1)P(c1ccccc1)c1ccccc1. The zero-order valence-electron chi connectivity index (χ0n) is 32.6. The van der Waals surface area contributed by atoms with Gasteiger partial charge in [0.25, 0.3) is 0 Å². The van der Waals surface area contributed by atoms with Gasteiger partial charge in [0.15, 0.2) is 0 Å². The predicted octanol–water partition coefficient (Wildman–Crippen LogP) is 13.8. The summed E-state index contributed by atoms with van der Waals surface area (Å²) in [6.45, 7) is 0. The van der Waals surface area contributed by atoms with Crippen LogP contribution in [-0.4, -0.2) is 0 Å². The van der Waals surface area contributed by atoms with Crippen LogP contribution in [0.2, 0.25) is 0 Å². The van der Waals surface area contributed by atoms with Crippen molar-refractivity contribution in [3.63, 3.8) is 0 Å². The molecule has 6 aromatic carbocycles. The van der Waals surface area contributed by atoms with Crippen LogP contribution < -0.4 is 31.8 Å². The van der Waals surface area contributed by atoms with Gasteiger partial charge in [-0.1, -0.05) is 182 Å². The lowest BCUT2D eigenvalue weighted by Crippen LogP contribution is -2.14. The first-order valence-corrected chi connectivity index (χ1v) is 26.5. The van der Waals surface area contributed by atoms with E-state index in [1.54, 1.807) is 34.0 Å². The standard InChI is InChI=1S/C54H39P3S3/c1-7-19-45(20-8-1)55(46-21-9-2-10-22-46)52(43-32-35-59-40-43)37-51(42-31-34-58-39-42)54(57(49-27-15-5-16-28-49)50-29-17-6-18-30-50)38-53(44-33-36-60-41-44)56(47-23-11-3-12-24-47)48-25-13-4-14-26-48/h1-36,39-41H. The summed E-state index contributed by atoms with van der Waals surface area (Å²) >= 11 is 5.22. The quantitative estimate of drug-likeness (QED) is 0.0615. The molecule has 0 aliphatic rings. The van der Waals surface area contributed by atoms with E-state index in [1.165, 1.54) is 53.6 Å². The summed E-state index contributed by atoms with van der Waals surface area (Å²) in [5, 5.41) is 24.8. The van der Waals surface area contributed by atoms with Crippen molar-refractivity contribution in [2.75, 3.05) is 0 Å². The van der Waals surface area contributed by atoms with Gasteiger partial charge in [-0.25, -0.2) is 0 Å². The average molecular weight is 877 g/mol. The molecular weight excluding hydrogens is 838 g/mol. The Morgan fingerprint density at radius 3 is 0.883 bits per heavy atom. The van der Waals surface area contributed by atoms with Crippen LogP contribution in [0.15, 0.2) is 249 Å². The Morgan fingerprint density at radius 1 is 0.300 bits per heavy atom. The molecule has 0 bridgehead atoms. The highest BCUT2D eigenvalue weighted by Crippen LogP contribution is 2.55. The predicted molar refractivity (Wildman–Crippen MR) is 271 cm³/mol. The molecule has 0 amide bonds. The highest BCUT2D eigenvalue weighted by molar-refractivity contribution is 7.83. The minimum absolute atomic E-state index is 1.01. The van der Waals surface area contributed by atoms with E-state index < -0.39 is 23.8 Å². The van der Waals surface area contributed by atoms with Crippen LogP contribution in [0.5, 0.6) is 0 Å². The molecule has 0 aliphatic carbocycles. The van der Waals surface area contributed by atoms with Gasteiger partial charge in [0.1, 0.15) is 0 Å². The van der Waals surface area contributed by atoms with Crippen LogP contribution in [0.25, 0.3) is 16.2 Å². The normalized spacial score (nSPS) is 11.0. The van der Waals surface area contributed by atoms with E-state index in [0.29, 0.717) is 0 Å². The van der Waals surface area contributed by atoms with E-state index in [2.05, 4.69) is 244 Å². The first kappa shape index (κ1) is 40.2. The van der Waals surface area contributed by atoms with Gasteiger partial charge in [0, 0.05) is 38.2 Å². The van der Waals surface area contributed by atoms with E-state index in [9.17, 15) is 0 Å². The minimum atomic E-state index is -1.15. The zero-order valence-corrected chi connectivity index (χ0v) is 37.7. The number of hydrogen-bond donors (Lipinski definition) is 0. The molecule has 9 rings (SSSR count). The van der Waals surface area contributed by atoms with Gasteiger partial charge in [-0.15, -0.1) is 11.5 Å². The van der Waals surface area contributed by atoms with Crippen LogP contribution in [0, 0.1) is 0 Å². The summed E-state index contributed by atoms with van der Waals surface area (Å²) in [5.41, 5.74) is 13.4. The Kier molecular flexibility index (Phi) is 13.3. The molecule has 0 atom stereocenters. The fourth-order valence-corrected chi connectivity index (χ4v) is 16.5. The largest absolute Gasteiger partial charge is 0.152 e. The topological polar surface area (TPSA) is 0 Å². The van der Waals surface area contributed by atoms with Crippen LogP contribution in [-0.2, 0) is 0 Å². The highest BCUT2D eigenvalue weighted by atomic mass is 32.1. The number of rotatable bonds is 13. The Bertz CT molecular complexity index is 2730. The molecule has 0 radical (unpaired) electrons. The highest BCUT2D eigenvalue weighted by Gasteiger charge is 2.28. The third-order valence-corrected chi connectivity index (χ3v) is 19.2.